The van der Waals surface area contributed by atoms with E-state index >= 15 is 0 Å². The van der Waals surface area contributed by atoms with Gasteiger partial charge in [-0.05, 0) is 37.5 Å². The van der Waals surface area contributed by atoms with Gasteiger partial charge >= 0.3 is 0 Å². The SMILES string of the molecule is Cc1nn(C)c(C)c1/C=C/C(=O)N(CCc1ccccc1)Cc1ccccc1. The van der Waals surface area contributed by atoms with E-state index in [1.807, 2.05) is 73.0 Å². The van der Waals surface area contributed by atoms with Crippen molar-refractivity contribution in [1.82, 2.24) is 14.7 Å². The minimum absolute atomic E-state index is 0.0161. The molecule has 28 heavy (non-hydrogen) atoms. The van der Waals surface area contributed by atoms with Gasteiger partial charge in [0.25, 0.3) is 0 Å². The Morgan fingerprint density at radius 2 is 1.61 bits per heavy atom. The average Bonchev–Trinajstić information content (AvgIpc) is 2.96. The second kappa shape index (κ2) is 9.18. The van der Waals surface area contributed by atoms with Crippen molar-refractivity contribution >= 4 is 12.0 Å². The normalized spacial score (nSPS) is 11.1. The third-order valence-electron chi connectivity index (χ3n) is 5.00. The Morgan fingerprint density at radius 3 is 2.18 bits per heavy atom. The van der Waals surface area contributed by atoms with E-state index in [1.165, 1.54) is 5.56 Å². The van der Waals surface area contributed by atoms with Crippen molar-refractivity contribution in [3.05, 3.63) is 94.8 Å². The average molecular weight is 374 g/mol. The topological polar surface area (TPSA) is 38.1 Å². The van der Waals surface area contributed by atoms with Gasteiger partial charge in [0.1, 0.15) is 0 Å². The molecule has 1 amide bonds. The van der Waals surface area contributed by atoms with Gasteiger partial charge in [-0.25, -0.2) is 0 Å². The fraction of sp³-hybridized carbons (Fsp3) is 0.250. The molecule has 0 fully saturated rings. The number of benzene rings is 2. The molecule has 0 N–H and O–H groups in total. The van der Waals surface area contributed by atoms with Gasteiger partial charge in [0.15, 0.2) is 0 Å². The van der Waals surface area contributed by atoms with E-state index in [0.717, 1.165) is 28.9 Å². The Hall–Kier alpha value is -3.14. The summed E-state index contributed by atoms with van der Waals surface area (Å²) in [6.07, 6.45) is 4.39. The molecule has 0 saturated carbocycles. The summed E-state index contributed by atoms with van der Waals surface area (Å²) in [5.74, 6) is 0.0161. The quantitative estimate of drug-likeness (QED) is 0.579. The van der Waals surface area contributed by atoms with E-state index in [0.29, 0.717) is 13.1 Å². The number of amides is 1. The number of aryl methyl sites for hydroxylation is 2. The van der Waals surface area contributed by atoms with E-state index in [9.17, 15) is 4.79 Å². The molecule has 4 heteroatoms. The second-order valence-corrected chi connectivity index (χ2v) is 7.02. The Labute approximate surface area is 167 Å². The minimum Gasteiger partial charge on any atom is -0.335 e. The third-order valence-corrected chi connectivity index (χ3v) is 5.00. The number of nitrogens with zero attached hydrogens (tertiary/aromatic N) is 3. The van der Waals surface area contributed by atoms with Crippen molar-refractivity contribution < 1.29 is 4.79 Å². The standard InChI is InChI=1S/C24H27N3O/c1-19-23(20(2)26(3)25-19)14-15-24(28)27(18-22-12-8-5-9-13-22)17-16-21-10-6-4-7-11-21/h4-15H,16-18H2,1-3H3/b15-14+. The van der Waals surface area contributed by atoms with Gasteiger partial charge in [-0.15, -0.1) is 0 Å². The summed E-state index contributed by atoms with van der Waals surface area (Å²) in [7, 11) is 1.92. The molecule has 2 aromatic carbocycles. The van der Waals surface area contributed by atoms with Crippen LogP contribution in [0.5, 0.6) is 0 Å². The minimum atomic E-state index is 0.0161. The zero-order chi connectivity index (χ0) is 19.9. The van der Waals surface area contributed by atoms with Crippen molar-refractivity contribution in [1.29, 1.82) is 0 Å². The Balaban J connectivity index is 1.76. The van der Waals surface area contributed by atoms with E-state index < -0.39 is 0 Å². The van der Waals surface area contributed by atoms with Crippen LogP contribution in [-0.4, -0.2) is 27.1 Å². The molecule has 0 saturated heterocycles. The highest BCUT2D eigenvalue weighted by atomic mass is 16.2. The van der Waals surface area contributed by atoms with Crippen molar-refractivity contribution in [2.75, 3.05) is 6.54 Å². The van der Waals surface area contributed by atoms with E-state index in [2.05, 4.69) is 29.4 Å². The molecule has 4 nitrogen and oxygen atoms in total. The number of hydrogen-bond donors (Lipinski definition) is 0. The first-order chi connectivity index (χ1) is 13.5. The van der Waals surface area contributed by atoms with Crippen molar-refractivity contribution in [3.63, 3.8) is 0 Å². The Morgan fingerprint density at radius 1 is 1.00 bits per heavy atom. The van der Waals surface area contributed by atoms with Gasteiger partial charge in [0, 0.05) is 37.5 Å². The van der Waals surface area contributed by atoms with Crippen LogP contribution in [0.15, 0.2) is 66.7 Å². The number of aromatic nitrogens is 2. The summed E-state index contributed by atoms with van der Waals surface area (Å²) < 4.78 is 1.84. The number of rotatable bonds is 7. The lowest BCUT2D eigenvalue weighted by Crippen LogP contribution is -2.31. The molecule has 0 atom stereocenters. The maximum atomic E-state index is 13.0. The molecular formula is C24H27N3O. The van der Waals surface area contributed by atoms with Gasteiger partial charge in [-0.1, -0.05) is 60.7 Å². The highest BCUT2D eigenvalue weighted by Gasteiger charge is 2.13. The largest absolute Gasteiger partial charge is 0.335 e. The van der Waals surface area contributed by atoms with Crippen LogP contribution >= 0.6 is 0 Å². The molecule has 0 aliphatic rings. The molecule has 0 aliphatic heterocycles. The molecule has 0 spiro atoms. The maximum Gasteiger partial charge on any atom is 0.246 e. The van der Waals surface area contributed by atoms with Crippen LogP contribution in [0, 0.1) is 13.8 Å². The summed E-state index contributed by atoms with van der Waals surface area (Å²) in [5, 5.41) is 4.42. The predicted molar refractivity (Wildman–Crippen MR) is 114 cm³/mol. The zero-order valence-corrected chi connectivity index (χ0v) is 16.8. The fourth-order valence-corrected chi connectivity index (χ4v) is 3.27. The molecule has 0 unspecified atom stereocenters. The van der Waals surface area contributed by atoms with E-state index in [4.69, 9.17) is 0 Å². The van der Waals surface area contributed by atoms with Crippen LogP contribution < -0.4 is 0 Å². The van der Waals surface area contributed by atoms with Gasteiger partial charge in [-0.3, -0.25) is 9.48 Å². The highest BCUT2D eigenvalue weighted by molar-refractivity contribution is 5.92. The lowest BCUT2D eigenvalue weighted by molar-refractivity contribution is -0.126. The van der Waals surface area contributed by atoms with Crippen LogP contribution in [0.25, 0.3) is 6.08 Å². The van der Waals surface area contributed by atoms with Gasteiger partial charge in [0.05, 0.1) is 5.69 Å². The van der Waals surface area contributed by atoms with E-state index in [-0.39, 0.29) is 5.91 Å². The van der Waals surface area contributed by atoms with Gasteiger partial charge < -0.3 is 4.90 Å². The highest BCUT2D eigenvalue weighted by Crippen LogP contribution is 2.15. The first-order valence-corrected chi connectivity index (χ1v) is 9.59. The van der Waals surface area contributed by atoms with E-state index in [1.54, 1.807) is 6.08 Å². The second-order valence-electron chi connectivity index (χ2n) is 7.02. The molecule has 3 aromatic rings. The Kier molecular flexibility index (Phi) is 6.43. The summed E-state index contributed by atoms with van der Waals surface area (Å²) in [6, 6.07) is 20.4. The molecule has 0 bridgehead atoms. The van der Waals surface area contributed by atoms with Crippen LogP contribution in [0.2, 0.25) is 0 Å². The lowest BCUT2D eigenvalue weighted by Gasteiger charge is -2.21. The molecule has 1 heterocycles. The smallest absolute Gasteiger partial charge is 0.246 e. The molecule has 144 valence electrons. The van der Waals surface area contributed by atoms with Crippen LogP contribution in [0.1, 0.15) is 28.1 Å². The maximum absolute atomic E-state index is 13.0. The molecule has 3 rings (SSSR count). The molecule has 1 aromatic heterocycles. The summed E-state index contributed by atoms with van der Waals surface area (Å²) in [6.45, 7) is 5.25. The van der Waals surface area contributed by atoms with Gasteiger partial charge in [0.2, 0.25) is 5.91 Å². The summed E-state index contributed by atoms with van der Waals surface area (Å²) in [5.41, 5.74) is 5.37. The lowest BCUT2D eigenvalue weighted by atomic mass is 10.1. The van der Waals surface area contributed by atoms with Gasteiger partial charge in [-0.2, -0.15) is 5.10 Å². The number of carbonyl (C=O) groups excluding carboxylic acids is 1. The van der Waals surface area contributed by atoms with Crippen molar-refractivity contribution in [3.8, 4) is 0 Å². The fourth-order valence-electron chi connectivity index (χ4n) is 3.27. The first-order valence-electron chi connectivity index (χ1n) is 9.59. The monoisotopic (exact) mass is 373 g/mol. The van der Waals surface area contributed by atoms with Crippen LogP contribution in [-0.2, 0) is 24.8 Å². The molecule has 0 aliphatic carbocycles. The zero-order valence-electron chi connectivity index (χ0n) is 16.8. The Bertz CT molecular complexity index is 943. The predicted octanol–water partition coefficient (Wildman–Crippen LogP) is 4.32. The first kappa shape index (κ1) is 19.6. The molecular weight excluding hydrogens is 346 g/mol. The van der Waals surface area contributed by atoms with Crippen LogP contribution in [0.3, 0.4) is 0 Å². The van der Waals surface area contributed by atoms with Crippen molar-refractivity contribution in [2.45, 2.75) is 26.8 Å². The summed E-state index contributed by atoms with van der Waals surface area (Å²) in [4.78, 5) is 14.9. The third kappa shape index (κ3) is 4.97. The van der Waals surface area contributed by atoms with Crippen LogP contribution in [0.4, 0.5) is 0 Å². The molecule has 0 radical (unpaired) electrons. The number of carbonyl (C=O) groups is 1. The summed E-state index contributed by atoms with van der Waals surface area (Å²) >= 11 is 0. The number of hydrogen-bond acceptors (Lipinski definition) is 2. The van der Waals surface area contributed by atoms with Crippen molar-refractivity contribution in [2.24, 2.45) is 7.05 Å².